The van der Waals surface area contributed by atoms with Crippen LogP contribution >= 0.6 is 15.9 Å². The molecule has 1 unspecified atom stereocenters. The molecule has 1 atom stereocenters. The summed E-state index contributed by atoms with van der Waals surface area (Å²) in [7, 11) is 0. The molecule has 1 N–H and O–H groups in total. The zero-order chi connectivity index (χ0) is 11.3. The van der Waals surface area contributed by atoms with Gasteiger partial charge < -0.3 is 9.84 Å². The van der Waals surface area contributed by atoms with Crippen LogP contribution in [0.1, 0.15) is 19.8 Å². The predicted octanol–water partition coefficient (Wildman–Crippen LogP) is 3.08. The second-order valence-corrected chi connectivity index (χ2v) is 4.23. The summed E-state index contributed by atoms with van der Waals surface area (Å²) < 4.78 is 6.53. The van der Waals surface area contributed by atoms with Gasteiger partial charge in [0.25, 0.3) is 0 Å². The van der Waals surface area contributed by atoms with Gasteiger partial charge in [-0.15, -0.1) is 0 Å². The summed E-state index contributed by atoms with van der Waals surface area (Å²) in [5.74, 6) is -0.0302. The minimum atomic E-state index is -0.791. The van der Waals surface area contributed by atoms with Crippen LogP contribution in [-0.4, -0.2) is 17.2 Å². The highest BCUT2D eigenvalue weighted by Crippen LogP contribution is 2.18. The van der Waals surface area contributed by atoms with Crippen LogP contribution in [0.3, 0.4) is 0 Å². The zero-order valence-corrected chi connectivity index (χ0v) is 10.0. The molecule has 0 saturated heterocycles. The number of halogens is 1. The number of benzene rings is 1. The maximum Gasteiger partial charge on any atom is 0.303 e. The lowest BCUT2D eigenvalue weighted by Crippen LogP contribution is -2.13. The Balaban J connectivity index is 2.40. The molecule has 0 aliphatic heterocycles. The van der Waals surface area contributed by atoms with Crippen molar-refractivity contribution < 1.29 is 14.6 Å². The van der Waals surface area contributed by atoms with Crippen molar-refractivity contribution in [3.05, 3.63) is 28.7 Å². The molecule has 0 bridgehead atoms. The first-order valence-corrected chi connectivity index (χ1v) is 5.51. The Morgan fingerprint density at radius 2 is 2.07 bits per heavy atom. The molecule has 0 spiro atoms. The number of ether oxygens (including phenoxy) is 1. The van der Waals surface area contributed by atoms with Gasteiger partial charge >= 0.3 is 5.97 Å². The minimum absolute atomic E-state index is 0.0812. The van der Waals surface area contributed by atoms with Gasteiger partial charge in [-0.1, -0.05) is 15.9 Å². The first-order chi connectivity index (χ1) is 7.08. The summed E-state index contributed by atoms with van der Waals surface area (Å²) in [6, 6.07) is 7.47. The van der Waals surface area contributed by atoms with Gasteiger partial charge in [-0.25, -0.2) is 0 Å². The van der Waals surface area contributed by atoms with Crippen molar-refractivity contribution in [2.45, 2.75) is 25.9 Å². The molecular formula is C11H13BrO3. The summed E-state index contributed by atoms with van der Waals surface area (Å²) in [5, 5.41) is 8.50. The van der Waals surface area contributed by atoms with E-state index in [-0.39, 0.29) is 12.5 Å². The third kappa shape index (κ3) is 4.83. The fourth-order valence-electron chi connectivity index (χ4n) is 1.13. The monoisotopic (exact) mass is 272 g/mol. The van der Waals surface area contributed by atoms with Gasteiger partial charge in [-0.3, -0.25) is 4.79 Å². The van der Waals surface area contributed by atoms with E-state index in [0.29, 0.717) is 6.42 Å². The van der Waals surface area contributed by atoms with E-state index in [1.807, 2.05) is 31.2 Å². The van der Waals surface area contributed by atoms with Crippen LogP contribution < -0.4 is 4.74 Å². The topological polar surface area (TPSA) is 46.5 Å². The minimum Gasteiger partial charge on any atom is -0.491 e. The van der Waals surface area contributed by atoms with Crippen molar-refractivity contribution in [3.8, 4) is 5.75 Å². The second kappa shape index (κ2) is 5.75. The number of carboxylic acid groups (broad SMARTS) is 1. The van der Waals surface area contributed by atoms with Crippen LogP contribution in [0.25, 0.3) is 0 Å². The van der Waals surface area contributed by atoms with Crippen LogP contribution in [0.2, 0.25) is 0 Å². The summed E-state index contributed by atoms with van der Waals surface area (Å²) in [6.07, 6.45) is 0.575. The summed E-state index contributed by atoms with van der Waals surface area (Å²) in [5.41, 5.74) is 0. The zero-order valence-electron chi connectivity index (χ0n) is 8.44. The van der Waals surface area contributed by atoms with Gasteiger partial charge in [0, 0.05) is 10.9 Å². The van der Waals surface area contributed by atoms with E-state index in [4.69, 9.17) is 9.84 Å². The SMILES string of the molecule is CC(CCC(=O)O)Oc1ccc(Br)cc1. The van der Waals surface area contributed by atoms with Crippen molar-refractivity contribution in [3.63, 3.8) is 0 Å². The first kappa shape index (κ1) is 12.0. The second-order valence-electron chi connectivity index (χ2n) is 3.31. The Bertz CT molecular complexity index is 321. The Labute approximate surface area is 97.2 Å². The van der Waals surface area contributed by atoms with E-state index in [0.717, 1.165) is 10.2 Å². The number of rotatable bonds is 5. The van der Waals surface area contributed by atoms with E-state index < -0.39 is 5.97 Å². The molecule has 0 radical (unpaired) electrons. The molecule has 1 aromatic rings. The molecule has 0 aliphatic rings. The van der Waals surface area contributed by atoms with Gasteiger partial charge in [-0.05, 0) is 37.6 Å². The number of hydrogen-bond donors (Lipinski definition) is 1. The predicted molar refractivity (Wildman–Crippen MR) is 61.1 cm³/mol. The van der Waals surface area contributed by atoms with E-state index in [2.05, 4.69) is 15.9 Å². The fraction of sp³-hybridized carbons (Fsp3) is 0.364. The number of carbonyl (C=O) groups is 1. The Kier molecular flexibility index (Phi) is 4.62. The van der Waals surface area contributed by atoms with Crippen LogP contribution in [0.4, 0.5) is 0 Å². The molecule has 0 saturated carbocycles. The van der Waals surface area contributed by atoms with E-state index >= 15 is 0 Å². The van der Waals surface area contributed by atoms with Crippen LogP contribution in [0, 0.1) is 0 Å². The third-order valence-electron chi connectivity index (χ3n) is 1.92. The quantitative estimate of drug-likeness (QED) is 0.896. The molecule has 0 aliphatic carbocycles. The molecule has 0 aromatic heterocycles. The van der Waals surface area contributed by atoms with E-state index in [1.54, 1.807) is 0 Å². The van der Waals surface area contributed by atoms with Crippen LogP contribution in [0.15, 0.2) is 28.7 Å². The number of aliphatic carboxylic acids is 1. The van der Waals surface area contributed by atoms with Gasteiger partial charge in [-0.2, -0.15) is 0 Å². The molecule has 82 valence electrons. The summed E-state index contributed by atoms with van der Waals surface area (Å²) in [4.78, 5) is 10.3. The molecule has 0 fully saturated rings. The largest absolute Gasteiger partial charge is 0.491 e. The highest BCUT2D eigenvalue weighted by atomic mass is 79.9. The fourth-order valence-corrected chi connectivity index (χ4v) is 1.40. The molecule has 1 aromatic carbocycles. The van der Waals surface area contributed by atoms with Crippen LogP contribution in [0.5, 0.6) is 5.75 Å². The first-order valence-electron chi connectivity index (χ1n) is 4.72. The molecule has 4 heteroatoms. The summed E-state index contributed by atoms with van der Waals surface area (Å²) in [6.45, 7) is 1.87. The lowest BCUT2D eigenvalue weighted by atomic mass is 10.2. The lowest BCUT2D eigenvalue weighted by molar-refractivity contribution is -0.137. The molecule has 0 heterocycles. The normalized spacial score (nSPS) is 12.1. The van der Waals surface area contributed by atoms with Crippen molar-refractivity contribution in [2.24, 2.45) is 0 Å². The maximum absolute atomic E-state index is 10.3. The Morgan fingerprint density at radius 3 is 2.60 bits per heavy atom. The summed E-state index contributed by atoms with van der Waals surface area (Å²) >= 11 is 3.33. The van der Waals surface area contributed by atoms with Crippen molar-refractivity contribution in [1.82, 2.24) is 0 Å². The van der Waals surface area contributed by atoms with Crippen molar-refractivity contribution >= 4 is 21.9 Å². The van der Waals surface area contributed by atoms with Crippen molar-refractivity contribution in [2.75, 3.05) is 0 Å². The smallest absolute Gasteiger partial charge is 0.303 e. The van der Waals surface area contributed by atoms with E-state index in [1.165, 1.54) is 0 Å². The van der Waals surface area contributed by atoms with E-state index in [9.17, 15) is 4.79 Å². The van der Waals surface area contributed by atoms with Gasteiger partial charge in [0.05, 0.1) is 6.10 Å². The molecular weight excluding hydrogens is 260 g/mol. The van der Waals surface area contributed by atoms with Crippen molar-refractivity contribution in [1.29, 1.82) is 0 Å². The molecule has 1 rings (SSSR count). The molecule has 15 heavy (non-hydrogen) atoms. The Hall–Kier alpha value is -1.03. The third-order valence-corrected chi connectivity index (χ3v) is 2.44. The standard InChI is InChI=1S/C11H13BrO3/c1-8(2-7-11(13)14)15-10-5-3-9(12)4-6-10/h3-6,8H,2,7H2,1H3,(H,13,14). The van der Waals surface area contributed by atoms with Crippen LogP contribution in [-0.2, 0) is 4.79 Å². The number of carboxylic acids is 1. The molecule has 0 amide bonds. The Morgan fingerprint density at radius 1 is 1.47 bits per heavy atom. The highest BCUT2D eigenvalue weighted by Gasteiger charge is 2.06. The average molecular weight is 273 g/mol. The van der Waals surface area contributed by atoms with Gasteiger partial charge in [0.15, 0.2) is 0 Å². The number of hydrogen-bond acceptors (Lipinski definition) is 2. The average Bonchev–Trinajstić information content (AvgIpc) is 2.19. The van der Waals surface area contributed by atoms with Gasteiger partial charge in [0.1, 0.15) is 5.75 Å². The highest BCUT2D eigenvalue weighted by molar-refractivity contribution is 9.10. The molecule has 3 nitrogen and oxygen atoms in total. The lowest BCUT2D eigenvalue weighted by Gasteiger charge is -2.13. The van der Waals surface area contributed by atoms with Gasteiger partial charge in [0.2, 0.25) is 0 Å². The maximum atomic E-state index is 10.3.